The number of anilines is 2. The number of phenolic OH excluding ortho intramolecular Hbond substituents is 1. The number of hydrogen-bond acceptors (Lipinski definition) is 8. The summed E-state index contributed by atoms with van der Waals surface area (Å²) in [5, 5.41) is 12.6. The largest absolute Gasteiger partial charge is 0.508 e. The number of amides is 3. The number of aromatic hydroxyl groups is 1. The number of hydrogen-bond donors (Lipinski definition) is 2. The van der Waals surface area contributed by atoms with E-state index in [1.54, 1.807) is 17.0 Å². The Morgan fingerprint density at radius 3 is 2.24 bits per heavy atom. The molecule has 2 N–H and O–H groups in total. The zero-order chi connectivity index (χ0) is 37.6. The van der Waals surface area contributed by atoms with Crippen molar-refractivity contribution in [2.75, 3.05) is 68.8 Å². The van der Waals surface area contributed by atoms with E-state index in [1.807, 2.05) is 30.3 Å². The van der Waals surface area contributed by atoms with Gasteiger partial charge in [-0.1, -0.05) is 12.1 Å². The molecule has 9 rings (SSSR count). The fourth-order valence-corrected chi connectivity index (χ4v) is 10.5. The number of rotatable bonds is 7. The molecular weight excluding hydrogens is 698 g/mol. The molecular formula is C44H52FN5O5. The van der Waals surface area contributed by atoms with Crippen LogP contribution in [0.4, 0.5) is 15.8 Å². The normalized spacial score (nSPS) is 25.6. The minimum atomic E-state index is -0.601. The maximum absolute atomic E-state index is 16.3. The summed E-state index contributed by atoms with van der Waals surface area (Å²) in [5.41, 5.74) is 6.74. The number of benzene rings is 3. The topological polar surface area (TPSA) is 106 Å². The number of imide groups is 1. The molecule has 0 bridgehead atoms. The summed E-state index contributed by atoms with van der Waals surface area (Å²) in [6.45, 7) is 8.63. The molecule has 0 unspecified atom stereocenters. The van der Waals surface area contributed by atoms with Crippen molar-refractivity contribution in [2.24, 2.45) is 17.8 Å². The van der Waals surface area contributed by atoms with Crippen molar-refractivity contribution in [1.29, 1.82) is 0 Å². The van der Waals surface area contributed by atoms with Crippen LogP contribution in [0.2, 0.25) is 0 Å². The van der Waals surface area contributed by atoms with Crippen LogP contribution < -0.4 is 15.1 Å². The maximum Gasteiger partial charge on any atom is 0.255 e. The van der Waals surface area contributed by atoms with E-state index in [-0.39, 0.29) is 41.6 Å². The Labute approximate surface area is 322 Å². The summed E-state index contributed by atoms with van der Waals surface area (Å²) in [5.74, 6) is 0.807. The number of nitrogens with one attached hydrogen (secondary N) is 1. The molecule has 5 aliphatic heterocycles. The second-order valence-corrected chi connectivity index (χ2v) is 16.7. The van der Waals surface area contributed by atoms with E-state index < -0.39 is 6.04 Å². The summed E-state index contributed by atoms with van der Waals surface area (Å²) in [7, 11) is 0. The number of piperidine rings is 2. The van der Waals surface area contributed by atoms with Crippen LogP contribution in [0.15, 0.2) is 54.6 Å². The molecule has 290 valence electrons. The van der Waals surface area contributed by atoms with E-state index in [2.05, 4.69) is 32.1 Å². The molecule has 0 spiro atoms. The Balaban J connectivity index is 0.787. The molecule has 3 amide bonds. The van der Waals surface area contributed by atoms with E-state index in [4.69, 9.17) is 4.74 Å². The number of nitrogens with zero attached hydrogens (tertiary/aromatic N) is 4. The van der Waals surface area contributed by atoms with Gasteiger partial charge in [-0.05, 0) is 127 Å². The molecule has 1 aliphatic carbocycles. The highest BCUT2D eigenvalue weighted by atomic mass is 19.1. The van der Waals surface area contributed by atoms with Crippen LogP contribution in [0.25, 0.3) is 0 Å². The lowest BCUT2D eigenvalue weighted by atomic mass is 9.65. The smallest absolute Gasteiger partial charge is 0.255 e. The number of ether oxygens (including phenoxy) is 1. The van der Waals surface area contributed by atoms with Gasteiger partial charge >= 0.3 is 0 Å². The second kappa shape index (κ2) is 15.2. The zero-order valence-corrected chi connectivity index (χ0v) is 31.6. The molecule has 5 heterocycles. The van der Waals surface area contributed by atoms with Gasteiger partial charge in [-0.25, -0.2) is 4.39 Å². The molecule has 0 aromatic heterocycles. The first kappa shape index (κ1) is 36.2. The second-order valence-electron chi connectivity index (χ2n) is 16.7. The first-order valence-electron chi connectivity index (χ1n) is 20.5. The highest BCUT2D eigenvalue weighted by Crippen LogP contribution is 2.48. The summed E-state index contributed by atoms with van der Waals surface area (Å²) in [4.78, 5) is 46.2. The van der Waals surface area contributed by atoms with Gasteiger partial charge in [0.1, 0.15) is 17.6 Å². The third kappa shape index (κ3) is 7.21. The summed E-state index contributed by atoms with van der Waals surface area (Å²) in [6, 6.07) is 17.0. The molecule has 0 saturated carbocycles. The van der Waals surface area contributed by atoms with Crippen LogP contribution in [0.3, 0.4) is 0 Å². The average Bonchev–Trinajstić information content (AvgIpc) is 3.53. The van der Waals surface area contributed by atoms with Crippen LogP contribution in [0.5, 0.6) is 5.75 Å². The first-order valence-corrected chi connectivity index (χ1v) is 20.5. The average molecular weight is 750 g/mol. The van der Waals surface area contributed by atoms with E-state index in [9.17, 15) is 19.5 Å². The number of carbonyl (C=O) groups is 3. The van der Waals surface area contributed by atoms with Gasteiger partial charge in [-0.2, -0.15) is 0 Å². The van der Waals surface area contributed by atoms with Gasteiger partial charge in [0.15, 0.2) is 0 Å². The lowest BCUT2D eigenvalue weighted by Crippen LogP contribution is -2.52. The van der Waals surface area contributed by atoms with Crippen molar-refractivity contribution in [3.63, 3.8) is 0 Å². The fraction of sp³-hybridized carbons (Fsp3) is 0.523. The van der Waals surface area contributed by atoms with Gasteiger partial charge in [0.2, 0.25) is 11.8 Å². The van der Waals surface area contributed by atoms with Crippen molar-refractivity contribution in [2.45, 2.75) is 69.9 Å². The van der Waals surface area contributed by atoms with Gasteiger partial charge in [0.25, 0.3) is 5.91 Å². The monoisotopic (exact) mass is 749 g/mol. The molecule has 4 saturated heterocycles. The number of piperazine rings is 1. The number of halogens is 1. The summed E-state index contributed by atoms with van der Waals surface area (Å²) >= 11 is 0. The third-order valence-corrected chi connectivity index (χ3v) is 13.6. The van der Waals surface area contributed by atoms with E-state index >= 15 is 4.39 Å². The Kier molecular flexibility index (Phi) is 10.0. The molecule has 0 radical (unpaired) electrons. The first-order chi connectivity index (χ1) is 26.8. The van der Waals surface area contributed by atoms with Gasteiger partial charge in [0, 0.05) is 94.8 Å². The standard InChI is InChI=1S/C44H52FN5O5/c45-39-25-33(3-7-38(39)42-35(29-13-21-55-22-14-29)5-1-30-24-34(51)4-8-36(30)42)48-15-11-28(12-16-48)26-47-17-19-49(20-18-47)32-2-6-37-31(23-32)27-50(44(37)54)40-9-10-41(52)46-43(40)53/h2-4,6-8,23-25,28-29,35,40,42,51H,1,5,9-22,26-27H2,(H,46,52,53)/t35-,40-,42+/m0/s1. The van der Waals surface area contributed by atoms with Crippen molar-refractivity contribution in [1.82, 2.24) is 15.1 Å². The Morgan fingerprint density at radius 1 is 0.745 bits per heavy atom. The van der Waals surface area contributed by atoms with Crippen LogP contribution in [-0.4, -0.2) is 97.7 Å². The zero-order valence-electron chi connectivity index (χ0n) is 31.6. The SMILES string of the molecule is O=C1CC[C@H](N2Cc3cc(N4CCN(CC5CCN(c6ccc([C@H]7c8ccc(O)cc8CC[C@H]7C7CCOCC7)c(F)c6)CC5)CC4)ccc3C2=O)C(=O)N1. The van der Waals surface area contributed by atoms with Gasteiger partial charge in [0.05, 0.1) is 0 Å². The minimum absolute atomic E-state index is 0.0186. The van der Waals surface area contributed by atoms with Crippen molar-refractivity contribution >= 4 is 29.1 Å². The van der Waals surface area contributed by atoms with E-state index in [0.29, 0.717) is 36.3 Å². The van der Waals surface area contributed by atoms with Gasteiger partial charge in [-0.3, -0.25) is 24.6 Å². The molecule has 3 aromatic rings. The highest BCUT2D eigenvalue weighted by Gasteiger charge is 2.40. The van der Waals surface area contributed by atoms with Crippen LogP contribution in [-0.2, 0) is 27.3 Å². The quantitative estimate of drug-likeness (QED) is 0.308. The third-order valence-electron chi connectivity index (χ3n) is 13.6. The lowest BCUT2D eigenvalue weighted by Gasteiger charge is -2.41. The van der Waals surface area contributed by atoms with E-state index in [0.717, 1.165) is 131 Å². The molecule has 11 heteroatoms. The van der Waals surface area contributed by atoms with Crippen LogP contribution in [0, 0.1) is 23.6 Å². The fourth-order valence-electron chi connectivity index (χ4n) is 10.5. The number of fused-ring (bicyclic) bond motifs is 2. The highest BCUT2D eigenvalue weighted by molar-refractivity contribution is 6.05. The molecule has 6 aliphatic rings. The predicted octanol–water partition coefficient (Wildman–Crippen LogP) is 5.45. The molecule has 3 atom stereocenters. The number of carbonyl (C=O) groups excluding carboxylic acids is 3. The van der Waals surface area contributed by atoms with Gasteiger partial charge in [-0.15, -0.1) is 0 Å². The summed E-state index contributed by atoms with van der Waals surface area (Å²) < 4.78 is 22.0. The molecule has 3 aromatic carbocycles. The number of phenols is 1. The Morgan fingerprint density at radius 2 is 1.47 bits per heavy atom. The predicted molar refractivity (Wildman–Crippen MR) is 208 cm³/mol. The van der Waals surface area contributed by atoms with Crippen LogP contribution in [0.1, 0.15) is 83.5 Å². The van der Waals surface area contributed by atoms with Gasteiger partial charge < -0.3 is 24.5 Å². The Bertz CT molecular complexity index is 1950. The van der Waals surface area contributed by atoms with Crippen molar-refractivity contribution in [3.8, 4) is 5.75 Å². The molecule has 4 fully saturated rings. The lowest BCUT2D eigenvalue weighted by molar-refractivity contribution is -0.136. The minimum Gasteiger partial charge on any atom is -0.508 e. The van der Waals surface area contributed by atoms with Crippen molar-refractivity contribution < 1.29 is 28.6 Å². The summed E-state index contributed by atoms with van der Waals surface area (Å²) in [6.07, 6.45) is 6.73. The maximum atomic E-state index is 16.3. The van der Waals surface area contributed by atoms with E-state index in [1.165, 1.54) is 0 Å². The Hall–Kier alpha value is -4.48. The number of aryl methyl sites for hydroxylation is 1. The van der Waals surface area contributed by atoms with Crippen LogP contribution >= 0.6 is 0 Å². The molecule has 55 heavy (non-hydrogen) atoms. The molecule has 10 nitrogen and oxygen atoms in total. The van der Waals surface area contributed by atoms with Crippen molar-refractivity contribution in [3.05, 3.63) is 88.2 Å².